The lowest BCUT2D eigenvalue weighted by Crippen LogP contribution is -2.36. The smallest absolute Gasteiger partial charge is 0.226 e. The molecule has 0 radical (unpaired) electrons. The van der Waals surface area contributed by atoms with Crippen LogP contribution in [0.1, 0.15) is 29.7 Å². The van der Waals surface area contributed by atoms with Gasteiger partial charge in [0, 0.05) is 30.1 Å². The van der Waals surface area contributed by atoms with E-state index in [1.54, 1.807) is 28.4 Å². The van der Waals surface area contributed by atoms with Gasteiger partial charge >= 0.3 is 0 Å². The number of likely N-dealkylation sites (tertiary alicyclic amines) is 1. The number of thiophene rings is 1. The lowest BCUT2D eigenvalue weighted by Gasteiger charge is -2.26. The van der Waals surface area contributed by atoms with Crippen LogP contribution in [0.4, 0.5) is 11.5 Å². The first kappa shape index (κ1) is 19.0. The first-order valence-corrected chi connectivity index (χ1v) is 11.8. The Morgan fingerprint density at radius 3 is 2.97 bits per heavy atom. The van der Waals surface area contributed by atoms with Gasteiger partial charge in [0.15, 0.2) is 0 Å². The summed E-state index contributed by atoms with van der Waals surface area (Å²) in [5.74, 6) is 1.17. The second-order valence-corrected chi connectivity index (χ2v) is 9.67. The monoisotopic (exact) mass is 452 g/mol. The van der Waals surface area contributed by atoms with Crippen LogP contribution in [0.25, 0.3) is 15.7 Å². The third kappa shape index (κ3) is 3.16. The van der Waals surface area contributed by atoms with E-state index in [2.05, 4.69) is 20.4 Å². The number of aryl methyl sites for hydroxylation is 1. The van der Waals surface area contributed by atoms with Gasteiger partial charge in [0.25, 0.3) is 0 Å². The normalized spacial score (nSPS) is 18.6. The Morgan fingerprint density at radius 1 is 1.23 bits per heavy atom. The van der Waals surface area contributed by atoms with Crippen molar-refractivity contribution < 1.29 is 4.79 Å². The second kappa shape index (κ2) is 7.46. The van der Waals surface area contributed by atoms with E-state index in [1.807, 2.05) is 23.2 Å². The van der Waals surface area contributed by atoms with Gasteiger partial charge in [-0.2, -0.15) is 5.10 Å². The zero-order chi connectivity index (χ0) is 20.9. The number of carbonyl (C=O) groups excluding carboxylic acids is 1. The Bertz CT molecular complexity index is 1310. The Morgan fingerprint density at radius 2 is 2.10 bits per heavy atom. The summed E-state index contributed by atoms with van der Waals surface area (Å²) < 4.78 is 1.74. The molecule has 0 bridgehead atoms. The molecule has 1 N–H and O–H groups in total. The van der Waals surface area contributed by atoms with E-state index in [4.69, 9.17) is 11.6 Å². The molecule has 9 heteroatoms. The molecule has 0 saturated carbocycles. The SMILES string of the molecule is O=C([C@H]1CCc2c(sc3ncnc(Nc4ccn5nccc5c4Cl)c23)C1)N1CCCC1. The molecule has 1 atom stereocenters. The molecular weight excluding hydrogens is 432 g/mol. The van der Waals surface area contributed by atoms with E-state index in [9.17, 15) is 4.79 Å². The Balaban J connectivity index is 1.34. The fraction of sp³-hybridized carbons (Fsp3) is 0.364. The van der Waals surface area contributed by atoms with Crippen molar-refractivity contribution in [2.45, 2.75) is 32.1 Å². The molecule has 4 aromatic heterocycles. The molecule has 1 saturated heterocycles. The zero-order valence-electron chi connectivity index (χ0n) is 16.8. The third-order valence-electron chi connectivity index (χ3n) is 6.38. The molecule has 0 unspecified atom stereocenters. The lowest BCUT2D eigenvalue weighted by atomic mass is 9.87. The summed E-state index contributed by atoms with van der Waals surface area (Å²) in [6, 6.07) is 3.78. The lowest BCUT2D eigenvalue weighted by molar-refractivity contribution is -0.134. The van der Waals surface area contributed by atoms with Crippen molar-refractivity contribution in [3.63, 3.8) is 0 Å². The quantitative estimate of drug-likeness (QED) is 0.496. The van der Waals surface area contributed by atoms with Crippen LogP contribution in [0.3, 0.4) is 0 Å². The second-order valence-electron chi connectivity index (χ2n) is 8.21. The number of carbonyl (C=O) groups is 1. The van der Waals surface area contributed by atoms with Crippen molar-refractivity contribution in [2.24, 2.45) is 5.92 Å². The standard InChI is InChI=1S/C22H21ClN6OS/c23-19-15(6-10-29-16(19)5-7-26-29)27-20-18-14-4-3-13(22(30)28-8-1-2-9-28)11-17(14)31-21(18)25-12-24-20/h5-7,10,12-13H,1-4,8-9,11H2,(H,24,25,27)/t13-/m0/s1. The summed E-state index contributed by atoms with van der Waals surface area (Å²) in [6.07, 6.45) is 10.00. The number of rotatable bonds is 3. The average molecular weight is 453 g/mol. The molecule has 1 aliphatic carbocycles. The van der Waals surface area contributed by atoms with Crippen LogP contribution < -0.4 is 5.32 Å². The highest BCUT2D eigenvalue weighted by Crippen LogP contribution is 2.41. The number of hydrogen-bond acceptors (Lipinski definition) is 6. The van der Waals surface area contributed by atoms with Crippen LogP contribution >= 0.6 is 22.9 Å². The van der Waals surface area contributed by atoms with Crippen LogP contribution in [-0.2, 0) is 17.6 Å². The minimum Gasteiger partial charge on any atom is -0.342 e. The Kier molecular flexibility index (Phi) is 4.57. The van der Waals surface area contributed by atoms with E-state index >= 15 is 0 Å². The van der Waals surface area contributed by atoms with Crippen LogP contribution in [0.2, 0.25) is 5.02 Å². The molecule has 1 aliphatic heterocycles. The highest BCUT2D eigenvalue weighted by atomic mass is 35.5. The largest absolute Gasteiger partial charge is 0.342 e. The van der Waals surface area contributed by atoms with Crippen LogP contribution in [0.5, 0.6) is 0 Å². The number of pyridine rings is 1. The van der Waals surface area contributed by atoms with Crippen molar-refractivity contribution in [2.75, 3.05) is 18.4 Å². The van der Waals surface area contributed by atoms with Crippen molar-refractivity contribution in [3.05, 3.63) is 46.3 Å². The van der Waals surface area contributed by atoms with Crippen LogP contribution in [0.15, 0.2) is 30.9 Å². The molecule has 0 spiro atoms. The minimum absolute atomic E-state index is 0.0850. The summed E-state index contributed by atoms with van der Waals surface area (Å²) in [5.41, 5.74) is 2.90. The summed E-state index contributed by atoms with van der Waals surface area (Å²) in [4.78, 5) is 26.3. The molecule has 5 heterocycles. The molecule has 1 amide bonds. The summed E-state index contributed by atoms with van der Waals surface area (Å²) in [5, 5.41) is 9.30. The van der Waals surface area contributed by atoms with E-state index in [0.717, 1.165) is 72.4 Å². The molecule has 31 heavy (non-hydrogen) atoms. The Labute approximate surface area is 188 Å². The van der Waals surface area contributed by atoms with Crippen molar-refractivity contribution in [3.8, 4) is 0 Å². The first-order chi connectivity index (χ1) is 15.2. The number of amides is 1. The molecule has 7 nitrogen and oxygen atoms in total. The van der Waals surface area contributed by atoms with Crippen LogP contribution in [0, 0.1) is 5.92 Å². The van der Waals surface area contributed by atoms with Crippen molar-refractivity contribution >= 4 is 56.1 Å². The van der Waals surface area contributed by atoms with Crippen molar-refractivity contribution in [1.82, 2.24) is 24.5 Å². The minimum atomic E-state index is 0.0850. The number of nitrogens with one attached hydrogen (secondary N) is 1. The number of anilines is 2. The average Bonchev–Trinajstić information content (AvgIpc) is 3.54. The summed E-state index contributed by atoms with van der Waals surface area (Å²) in [7, 11) is 0. The summed E-state index contributed by atoms with van der Waals surface area (Å²) in [6.45, 7) is 1.83. The zero-order valence-corrected chi connectivity index (χ0v) is 18.4. The molecule has 1 fully saturated rings. The fourth-order valence-electron chi connectivity index (χ4n) is 4.80. The topological polar surface area (TPSA) is 75.4 Å². The predicted molar refractivity (Wildman–Crippen MR) is 122 cm³/mol. The van der Waals surface area contributed by atoms with Gasteiger partial charge in [-0.05, 0) is 49.8 Å². The molecular formula is C22H21ClN6OS. The molecule has 158 valence electrons. The van der Waals surface area contributed by atoms with Crippen molar-refractivity contribution in [1.29, 1.82) is 0 Å². The van der Waals surface area contributed by atoms with Gasteiger partial charge in [-0.3, -0.25) is 4.79 Å². The number of aromatic nitrogens is 4. The number of hydrogen-bond donors (Lipinski definition) is 1. The highest BCUT2D eigenvalue weighted by molar-refractivity contribution is 7.19. The molecule has 2 aliphatic rings. The highest BCUT2D eigenvalue weighted by Gasteiger charge is 2.32. The van der Waals surface area contributed by atoms with E-state index < -0.39 is 0 Å². The van der Waals surface area contributed by atoms with Gasteiger partial charge in [0.2, 0.25) is 5.91 Å². The van der Waals surface area contributed by atoms with Gasteiger partial charge in [-0.1, -0.05) is 11.6 Å². The fourth-order valence-corrected chi connectivity index (χ4v) is 6.33. The predicted octanol–water partition coefficient (Wildman–Crippen LogP) is 4.46. The maximum Gasteiger partial charge on any atom is 0.226 e. The maximum absolute atomic E-state index is 12.9. The van der Waals surface area contributed by atoms with E-state index in [1.165, 1.54) is 10.4 Å². The van der Waals surface area contributed by atoms with Gasteiger partial charge in [-0.15, -0.1) is 11.3 Å². The molecule has 6 rings (SSSR count). The van der Waals surface area contributed by atoms with Crippen LogP contribution in [-0.4, -0.2) is 43.5 Å². The van der Waals surface area contributed by atoms with Gasteiger partial charge < -0.3 is 10.2 Å². The van der Waals surface area contributed by atoms with Gasteiger partial charge in [0.1, 0.15) is 17.0 Å². The number of fused-ring (bicyclic) bond motifs is 4. The third-order valence-corrected chi connectivity index (χ3v) is 7.94. The summed E-state index contributed by atoms with van der Waals surface area (Å²) >= 11 is 8.30. The van der Waals surface area contributed by atoms with E-state index in [0.29, 0.717) is 10.9 Å². The maximum atomic E-state index is 12.9. The van der Waals surface area contributed by atoms with Gasteiger partial charge in [-0.25, -0.2) is 14.5 Å². The van der Waals surface area contributed by atoms with Gasteiger partial charge in [0.05, 0.1) is 27.8 Å². The number of nitrogens with zero attached hydrogens (tertiary/aromatic N) is 5. The van der Waals surface area contributed by atoms with E-state index in [-0.39, 0.29) is 5.92 Å². The first-order valence-electron chi connectivity index (χ1n) is 10.6. The molecule has 4 aromatic rings. The Hall–Kier alpha value is -2.71. The molecule has 0 aromatic carbocycles. The number of halogens is 1.